The van der Waals surface area contributed by atoms with E-state index in [-0.39, 0.29) is 19.1 Å². The summed E-state index contributed by atoms with van der Waals surface area (Å²) in [6, 6.07) is 2.72. The number of imidazole rings is 1. The average molecular weight is 360 g/mol. The fraction of sp³-hybridized carbons (Fsp3) is 0.353. The number of hydrogen-bond acceptors (Lipinski definition) is 4. The molecule has 2 aromatic heterocycles. The van der Waals surface area contributed by atoms with Crippen molar-refractivity contribution in [1.82, 2.24) is 25.1 Å². The van der Waals surface area contributed by atoms with Crippen molar-refractivity contribution < 1.29 is 14.3 Å². The van der Waals surface area contributed by atoms with Crippen molar-refractivity contribution in [3.05, 3.63) is 29.7 Å². The number of rotatable bonds is 6. The molecule has 0 saturated heterocycles. The first kappa shape index (κ1) is 17.9. The Morgan fingerprint density at radius 3 is 2.81 bits per heavy atom. The van der Waals surface area contributed by atoms with Crippen molar-refractivity contribution >= 4 is 22.8 Å². The zero-order chi connectivity index (χ0) is 18.7. The van der Waals surface area contributed by atoms with Gasteiger partial charge >= 0.3 is 6.03 Å². The minimum atomic E-state index is -0.413. The van der Waals surface area contributed by atoms with Gasteiger partial charge in [0.1, 0.15) is 11.5 Å². The van der Waals surface area contributed by atoms with Gasteiger partial charge < -0.3 is 20.3 Å². The Bertz CT molecular complexity index is 915. The number of halogens is 1. The Hall–Kier alpha value is -2.94. The highest BCUT2D eigenvalue weighted by atomic mass is 19.1. The minimum absolute atomic E-state index is 0.133. The monoisotopic (exact) mass is 360 g/mol. The SMILES string of the molecule is CCN(CC)C(=O)Nc1cn[nH]c1-c1nc2cc(F)c(CCO)cc2[nH]1. The summed E-state index contributed by atoms with van der Waals surface area (Å²) in [4.78, 5) is 21.4. The number of aliphatic hydroxyl groups is 1. The van der Waals surface area contributed by atoms with Gasteiger partial charge in [0.2, 0.25) is 0 Å². The average Bonchev–Trinajstić information content (AvgIpc) is 3.22. The van der Waals surface area contributed by atoms with Crippen LogP contribution in [0.1, 0.15) is 19.4 Å². The number of aromatic amines is 2. The molecule has 0 bridgehead atoms. The number of anilines is 1. The molecule has 4 N–H and O–H groups in total. The van der Waals surface area contributed by atoms with E-state index in [1.165, 1.54) is 12.3 Å². The first-order chi connectivity index (χ1) is 12.6. The molecule has 0 aliphatic rings. The van der Waals surface area contributed by atoms with Crippen molar-refractivity contribution in [3.63, 3.8) is 0 Å². The fourth-order valence-corrected chi connectivity index (χ4v) is 2.77. The molecule has 0 aliphatic heterocycles. The molecule has 0 saturated carbocycles. The third-order valence-electron chi connectivity index (χ3n) is 4.20. The highest BCUT2D eigenvalue weighted by Crippen LogP contribution is 2.27. The van der Waals surface area contributed by atoms with Crippen LogP contribution in [-0.4, -0.2) is 55.9 Å². The van der Waals surface area contributed by atoms with Crippen molar-refractivity contribution in [2.45, 2.75) is 20.3 Å². The summed E-state index contributed by atoms with van der Waals surface area (Å²) >= 11 is 0. The number of aliphatic hydroxyl groups excluding tert-OH is 1. The number of hydrogen-bond donors (Lipinski definition) is 4. The summed E-state index contributed by atoms with van der Waals surface area (Å²) in [5, 5.41) is 18.6. The molecule has 0 fully saturated rings. The Labute approximate surface area is 149 Å². The van der Waals surface area contributed by atoms with Gasteiger partial charge in [-0.05, 0) is 31.9 Å². The minimum Gasteiger partial charge on any atom is -0.396 e. The van der Waals surface area contributed by atoms with Gasteiger partial charge in [0, 0.05) is 25.8 Å². The Kier molecular flexibility index (Phi) is 5.17. The van der Waals surface area contributed by atoms with Gasteiger partial charge in [0.15, 0.2) is 5.82 Å². The Morgan fingerprint density at radius 1 is 1.35 bits per heavy atom. The van der Waals surface area contributed by atoms with Crippen molar-refractivity contribution in [2.75, 3.05) is 25.0 Å². The number of nitrogens with one attached hydrogen (secondary N) is 3. The van der Waals surface area contributed by atoms with Crippen LogP contribution in [0.3, 0.4) is 0 Å². The standard InChI is InChI=1S/C17H21FN6O2/c1-3-24(4-2)17(26)22-14-9-19-23-15(14)16-20-12-7-10(5-6-25)11(18)8-13(12)21-16/h7-9,25H,3-6H2,1-2H3,(H,19,23)(H,20,21)(H,22,26). The van der Waals surface area contributed by atoms with E-state index in [0.29, 0.717) is 46.9 Å². The van der Waals surface area contributed by atoms with Gasteiger partial charge in [0.25, 0.3) is 0 Å². The summed E-state index contributed by atoms with van der Waals surface area (Å²) in [5.41, 5.74) is 2.49. The van der Waals surface area contributed by atoms with Crippen LogP contribution >= 0.6 is 0 Å². The van der Waals surface area contributed by atoms with Crippen molar-refractivity contribution in [1.29, 1.82) is 0 Å². The third-order valence-corrected chi connectivity index (χ3v) is 4.20. The molecule has 8 nitrogen and oxygen atoms in total. The van der Waals surface area contributed by atoms with E-state index < -0.39 is 5.82 Å². The van der Waals surface area contributed by atoms with Crippen LogP contribution in [-0.2, 0) is 6.42 Å². The van der Waals surface area contributed by atoms with Gasteiger partial charge in [-0.1, -0.05) is 0 Å². The molecular weight excluding hydrogens is 339 g/mol. The maximum atomic E-state index is 14.0. The summed E-state index contributed by atoms with van der Waals surface area (Å²) in [7, 11) is 0. The number of carbonyl (C=O) groups excluding carboxylic acids is 1. The molecule has 0 unspecified atom stereocenters. The largest absolute Gasteiger partial charge is 0.396 e. The van der Waals surface area contributed by atoms with Crippen LogP contribution in [0.4, 0.5) is 14.9 Å². The zero-order valence-electron chi connectivity index (χ0n) is 14.6. The lowest BCUT2D eigenvalue weighted by molar-refractivity contribution is 0.217. The van der Waals surface area contributed by atoms with Crippen LogP contribution in [0.5, 0.6) is 0 Å². The molecular formula is C17H21FN6O2. The maximum absolute atomic E-state index is 14.0. The van der Waals surface area contributed by atoms with Crippen LogP contribution in [0.15, 0.2) is 18.3 Å². The number of benzene rings is 1. The highest BCUT2D eigenvalue weighted by Gasteiger charge is 2.17. The number of carbonyl (C=O) groups is 1. The molecule has 138 valence electrons. The fourth-order valence-electron chi connectivity index (χ4n) is 2.77. The molecule has 3 aromatic rings. The molecule has 0 aliphatic carbocycles. The molecule has 1 aromatic carbocycles. The second-order valence-corrected chi connectivity index (χ2v) is 5.78. The summed E-state index contributed by atoms with van der Waals surface area (Å²) in [5.74, 6) is 0.0252. The number of H-pyrrole nitrogens is 2. The lowest BCUT2D eigenvalue weighted by Crippen LogP contribution is -2.34. The van der Waals surface area contributed by atoms with Crippen molar-refractivity contribution in [3.8, 4) is 11.5 Å². The van der Waals surface area contributed by atoms with Crippen LogP contribution in [0, 0.1) is 5.82 Å². The number of fused-ring (bicyclic) bond motifs is 1. The molecule has 26 heavy (non-hydrogen) atoms. The van der Waals surface area contributed by atoms with Gasteiger partial charge in [-0.2, -0.15) is 5.10 Å². The van der Waals surface area contributed by atoms with E-state index in [2.05, 4.69) is 25.5 Å². The van der Waals surface area contributed by atoms with E-state index in [9.17, 15) is 9.18 Å². The third kappa shape index (κ3) is 3.38. The first-order valence-corrected chi connectivity index (χ1v) is 8.46. The quantitative estimate of drug-likeness (QED) is 0.541. The Morgan fingerprint density at radius 2 is 2.12 bits per heavy atom. The summed E-state index contributed by atoms with van der Waals surface area (Å²) in [6.07, 6.45) is 1.73. The lowest BCUT2D eigenvalue weighted by atomic mass is 10.1. The van der Waals surface area contributed by atoms with Crippen LogP contribution in [0.25, 0.3) is 22.6 Å². The van der Waals surface area contributed by atoms with E-state index in [0.717, 1.165) is 0 Å². The molecule has 0 spiro atoms. The number of urea groups is 1. The van der Waals surface area contributed by atoms with E-state index in [4.69, 9.17) is 5.11 Å². The van der Waals surface area contributed by atoms with Crippen LogP contribution < -0.4 is 5.32 Å². The smallest absolute Gasteiger partial charge is 0.321 e. The predicted octanol–water partition coefficient (Wildman–Crippen LogP) is 2.50. The van der Waals surface area contributed by atoms with Gasteiger partial charge in [-0.3, -0.25) is 5.10 Å². The van der Waals surface area contributed by atoms with Gasteiger partial charge in [-0.25, -0.2) is 14.2 Å². The number of amides is 2. The van der Waals surface area contributed by atoms with Crippen molar-refractivity contribution in [2.24, 2.45) is 0 Å². The summed E-state index contributed by atoms with van der Waals surface area (Å²) in [6.45, 7) is 4.85. The zero-order valence-corrected chi connectivity index (χ0v) is 14.6. The lowest BCUT2D eigenvalue weighted by Gasteiger charge is -2.18. The van der Waals surface area contributed by atoms with E-state index in [1.807, 2.05) is 13.8 Å². The van der Waals surface area contributed by atoms with E-state index >= 15 is 0 Å². The molecule has 3 rings (SSSR count). The normalized spacial score (nSPS) is 11.1. The summed E-state index contributed by atoms with van der Waals surface area (Å²) < 4.78 is 14.0. The molecule has 2 amide bonds. The maximum Gasteiger partial charge on any atom is 0.321 e. The van der Waals surface area contributed by atoms with Gasteiger partial charge in [0.05, 0.1) is 22.9 Å². The highest BCUT2D eigenvalue weighted by molar-refractivity contribution is 5.93. The van der Waals surface area contributed by atoms with E-state index in [1.54, 1.807) is 11.0 Å². The molecule has 9 heteroatoms. The predicted molar refractivity (Wildman–Crippen MR) is 96.4 cm³/mol. The van der Waals surface area contributed by atoms with Crippen LogP contribution in [0.2, 0.25) is 0 Å². The first-order valence-electron chi connectivity index (χ1n) is 8.46. The second-order valence-electron chi connectivity index (χ2n) is 5.78. The topological polar surface area (TPSA) is 110 Å². The molecule has 0 atom stereocenters. The Balaban J connectivity index is 1.93. The second kappa shape index (κ2) is 7.52. The molecule has 2 heterocycles. The molecule has 0 radical (unpaired) electrons. The van der Waals surface area contributed by atoms with Gasteiger partial charge in [-0.15, -0.1) is 0 Å². The number of aromatic nitrogens is 4. The number of nitrogens with zero attached hydrogens (tertiary/aromatic N) is 3.